The number of hydrogen-bond donors (Lipinski definition) is 0. The maximum atomic E-state index is 4.17. The molecule has 0 aromatic rings. The first kappa shape index (κ1) is 11.1. The summed E-state index contributed by atoms with van der Waals surface area (Å²) in [5.74, 6) is 0.678. The van der Waals surface area contributed by atoms with Crippen LogP contribution in [-0.4, -0.2) is 19.5 Å². The van der Waals surface area contributed by atoms with E-state index >= 15 is 0 Å². The van der Waals surface area contributed by atoms with E-state index in [0.717, 1.165) is 12.1 Å². The van der Waals surface area contributed by atoms with Crippen molar-refractivity contribution < 1.29 is 0 Å². The monoisotopic (exact) mass is 166 g/mol. The molecule has 0 saturated heterocycles. The summed E-state index contributed by atoms with van der Waals surface area (Å²) in [6.45, 7) is 6.28. The third-order valence-corrected chi connectivity index (χ3v) is 1.34. The van der Waals surface area contributed by atoms with Crippen molar-refractivity contribution in [1.29, 1.82) is 0 Å². The quantitative estimate of drug-likeness (QED) is 0.574. The van der Waals surface area contributed by atoms with E-state index in [2.05, 4.69) is 29.9 Å². The van der Waals surface area contributed by atoms with E-state index in [-0.39, 0.29) is 0 Å². The Morgan fingerprint density at radius 3 is 2.50 bits per heavy atom. The highest BCUT2D eigenvalue weighted by Gasteiger charge is 1.91. The number of aliphatic imine (C=N–C) groups is 2. The second kappa shape index (κ2) is 6.77. The van der Waals surface area contributed by atoms with Crippen molar-refractivity contribution in [1.82, 2.24) is 0 Å². The standard InChI is InChI=1S/C10H18N2/c1-5-12-10(8-11-4)7-6-9(2)3/h5,7-9H,6H2,1-4H3. The van der Waals surface area contributed by atoms with Gasteiger partial charge in [-0.3, -0.25) is 9.98 Å². The highest BCUT2D eigenvalue weighted by molar-refractivity contribution is 5.80. The van der Waals surface area contributed by atoms with Crippen LogP contribution in [0.25, 0.3) is 0 Å². The van der Waals surface area contributed by atoms with Gasteiger partial charge in [0, 0.05) is 19.5 Å². The summed E-state index contributed by atoms with van der Waals surface area (Å²) in [7, 11) is 1.76. The minimum atomic E-state index is 0.678. The summed E-state index contributed by atoms with van der Waals surface area (Å²) < 4.78 is 0. The van der Waals surface area contributed by atoms with Crippen molar-refractivity contribution >= 4 is 12.4 Å². The van der Waals surface area contributed by atoms with Crippen LogP contribution in [0.15, 0.2) is 21.8 Å². The molecular weight excluding hydrogens is 148 g/mol. The molecule has 0 unspecified atom stereocenters. The predicted molar refractivity (Wildman–Crippen MR) is 56.1 cm³/mol. The lowest BCUT2D eigenvalue weighted by atomic mass is 10.1. The molecule has 0 aromatic carbocycles. The van der Waals surface area contributed by atoms with Crippen LogP contribution in [0.1, 0.15) is 27.2 Å². The van der Waals surface area contributed by atoms with E-state index in [1.54, 1.807) is 19.5 Å². The van der Waals surface area contributed by atoms with Crippen molar-refractivity contribution in [2.45, 2.75) is 27.2 Å². The Bertz CT molecular complexity index is 174. The molecule has 0 saturated carbocycles. The van der Waals surface area contributed by atoms with Crippen molar-refractivity contribution in [2.75, 3.05) is 7.05 Å². The molecule has 0 rings (SSSR count). The summed E-state index contributed by atoms with van der Waals surface area (Å²) in [4.78, 5) is 8.10. The minimum Gasteiger partial charge on any atom is -0.294 e. The van der Waals surface area contributed by atoms with E-state index in [4.69, 9.17) is 0 Å². The first-order valence-corrected chi connectivity index (χ1v) is 4.31. The maximum absolute atomic E-state index is 4.17. The van der Waals surface area contributed by atoms with Gasteiger partial charge >= 0.3 is 0 Å². The highest BCUT2D eigenvalue weighted by atomic mass is 14.8. The van der Waals surface area contributed by atoms with E-state index in [1.165, 1.54) is 0 Å². The molecular formula is C10H18N2. The number of rotatable bonds is 4. The molecule has 0 bridgehead atoms. The lowest BCUT2D eigenvalue weighted by Crippen LogP contribution is -1.86. The second-order valence-corrected chi connectivity index (χ2v) is 3.03. The molecule has 12 heavy (non-hydrogen) atoms. The van der Waals surface area contributed by atoms with Crippen LogP contribution < -0.4 is 0 Å². The second-order valence-electron chi connectivity index (χ2n) is 3.03. The largest absolute Gasteiger partial charge is 0.294 e. The molecule has 0 aliphatic carbocycles. The van der Waals surface area contributed by atoms with Crippen LogP contribution >= 0.6 is 0 Å². The first-order valence-electron chi connectivity index (χ1n) is 4.31. The van der Waals surface area contributed by atoms with Crippen LogP contribution in [0.3, 0.4) is 0 Å². The molecule has 68 valence electrons. The maximum Gasteiger partial charge on any atom is 0.0763 e. The van der Waals surface area contributed by atoms with Crippen molar-refractivity contribution in [3.05, 3.63) is 11.8 Å². The molecule has 2 nitrogen and oxygen atoms in total. The fourth-order valence-corrected chi connectivity index (χ4v) is 0.777. The van der Waals surface area contributed by atoms with Crippen molar-refractivity contribution in [2.24, 2.45) is 15.9 Å². The molecule has 0 spiro atoms. The lowest BCUT2D eigenvalue weighted by molar-refractivity contribution is 0.662. The fraction of sp³-hybridized carbons (Fsp3) is 0.600. The van der Waals surface area contributed by atoms with Gasteiger partial charge in [-0.05, 0) is 19.3 Å². The minimum absolute atomic E-state index is 0.678. The number of allylic oxidation sites excluding steroid dienone is 2. The van der Waals surface area contributed by atoms with E-state index in [9.17, 15) is 0 Å². The van der Waals surface area contributed by atoms with Crippen LogP contribution in [0.4, 0.5) is 0 Å². The molecule has 0 aliphatic heterocycles. The van der Waals surface area contributed by atoms with E-state index < -0.39 is 0 Å². The molecule has 0 aliphatic rings. The number of hydrogen-bond acceptors (Lipinski definition) is 2. The van der Waals surface area contributed by atoms with Gasteiger partial charge < -0.3 is 0 Å². The van der Waals surface area contributed by atoms with Gasteiger partial charge in [0.15, 0.2) is 0 Å². The van der Waals surface area contributed by atoms with Crippen LogP contribution in [0.2, 0.25) is 0 Å². The van der Waals surface area contributed by atoms with Gasteiger partial charge in [-0.15, -0.1) is 0 Å². The van der Waals surface area contributed by atoms with E-state index in [1.807, 2.05) is 6.92 Å². The van der Waals surface area contributed by atoms with E-state index in [0.29, 0.717) is 5.92 Å². The summed E-state index contributed by atoms with van der Waals surface area (Å²) >= 11 is 0. The Morgan fingerprint density at radius 2 is 2.08 bits per heavy atom. The molecule has 0 radical (unpaired) electrons. The molecule has 0 atom stereocenters. The molecule has 0 N–H and O–H groups in total. The van der Waals surface area contributed by atoms with Crippen molar-refractivity contribution in [3.63, 3.8) is 0 Å². The smallest absolute Gasteiger partial charge is 0.0763 e. The third-order valence-electron chi connectivity index (χ3n) is 1.34. The zero-order chi connectivity index (χ0) is 9.40. The molecule has 2 heteroatoms. The van der Waals surface area contributed by atoms with Gasteiger partial charge in [-0.2, -0.15) is 0 Å². The predicted octanol–water partition coefficient (Wildman–Crippen LogP) is 2.71. The third kappa shape index (κ3) is 5.83. The summed E-state index contributed by atoms with van der Waals surface area (Å²) in [6, 6.07) is 0. The van der Waals surface area contributed by atoms with Crippen LogP contribution in [0, 0.1) is 5.92 Å². The Hall–Kier alpha value is -0.920. The first-order chi connectivity index (χ1) is 5.70. The summed E-state index contributed by atoms with van der Waals surface area (Å²) in [5, 5.41) is 0. The molecule has 0 aromatic heterocycles. The van der Waals surface area contributed by atoms with Gasteiger partial charge in [0.05, 0.1) is 5.70 Å². The van der Waals surface area contributed by atoms with Gasteiger partial charge in [0.25, 0.3) is 0 Å². The normalized spacial score (nSPS) is 13.9. The van der Waals surface area contributed by atoms with Gasteiger partial charge in [0.1, 0.15) is 0 Å². The molecule has 0 amide bonds. The van der Waals surface area contributed by atoms with Gasteiger partial charge in [-0.1, -0.05) is 19.9 Å². The lowest BCUT2D eigenvalue weighted by Gasteiger charge is -1.98. The van der Waals surface area contributed by atoms with Gasteiger partial charge in [-0.25, -0.2) is 0 Å². The Morgan fingerprint density at radius 1 is 1.42 bits per heavy atom. The zero-order valence-corrected chi connectivity index (χ0v) is 8.41. The fourth-order valence-electron chi connectivity index (χ4n) is 0.777. The van der Waals surface area contributed by atoms with Gasteiger partial charge in [0.2, 0.25) is 0 Å². The topological polar surface area (TPSA) is 24.7 Å². The Kier molecular flexibility index (Phi) is 6.25. The average molecular weight is 166 g/mol. The van der Waals surface area contributed by atoms with Crippen LogP contribution in [0.5, 0.6) is 0 Å². The molecule has 0 fully saturated rings. The Balaban J connectivity index is 4.18. The van der Waals surface area contributed by atoms with Crippen LogP contribution in [-0.2, 0) is 0 Å². The Labute approximate surface area is 75.1 Å². The highest BCUT2D eigenvalue weighted by Crippen LogP contribution is 2.03. The number of nitrogens with zero attached hydrogens (tertiary/aromatic N) is 2. The van der Waals surface area contributed by atoms with Crippen molar-refractivity contribution in [3.8, 4) is 0 Å². The molecule has 0 heterocycles. The SMILES string of the molecule is CC=NC(C=NC)=CCC(C)C. The average Bonchev–Trinajstić information content (AvgIpc) is 2.01. The summed E-state index contributed by atoms with van der Waals surface area (Å²) in [5.41, 5.74) is 0.953. The summed E-state index contributed by atoms with van der Waals surface area (Å²) in [6.07, 6.45) is 6.73. The zero-order valence-electron chi connectivity index (χ0n) is 8.41.